The van der Waals surface area contributed by atoms with E-state index >= 15 is 0 Å². The molecule has 0 aliphatic rings. The van der Waals surface area contributed by atoms with Gasteiger partial charge in [0.25, 0.3) is 6.43 Å². The molecule has 0 spiro atoms. The second-order valence-electron chi connectivity index (χ2n) is 2.68. The zero-order chi connectivity index (χ0) is 9.78. The summed E-state index contributed by atoms with van der Waals surface area (Å²) in [4.78, 5) is 0. The van der Waals surface area contributed by atoms with Gasteiger partial charge in [0.1, 0.15) is 5.54 Å². The highest BCUT2D eigenvalue weighted by Crippen LogP contribution is 2.21. The van der Waals surface area contributed by atoms with Crippen LogP contribution in [-0.2, 0) is 0 Å². The van der Waals surface area contributed by atoms with Crippen molar-refractivity contribution in [3.05, 3.63) is 0 Å². The Morgan fingerprint density at radius 3 is 2.08 bits per heavy atom. The van der Waals surface area contributed by atoms with Gasteiger partial charge in [-0.15, -0.1) is 0 Å². The first-order valence-corrected chi connectivity index (χ1v) is 3.58. The molecule has 0 rings (SSSR count). The minimum absolute atomic E-state index is 0.193. The van der Waals surface area contributed by atoms with Crippen LogP contribution in [0.15, 0.2) is 0 Å². The van der Waals surface area contributed by atoms with Gasteiger partial charge >= 0.3 is 0 Å². The van der Waals surface area contributed by atoms with Crippen molar-refractivity contribution < 1.29 is 19.0 Å². The molecule has 0 aromatic heterocycles. The molecule has 0 radical (unpaired) electrons. The third-order valence-electron chi connectivity index (χ3n) is 1.70. The zero-order valence-corrected chi connectivity index (χ0v) is 6.58. The van der Waals surface area contributed by atoms with E-state index in [1.54, 1.807) is 0 Å². The maximum atomic E-state index is 12.2. The Balaban J connectivity index is 4.19. The molecule has 0 aliphatic carbocycles. The summed E-state index contributed by atoms with van der Waals surface area (Å²) in [5.41, 5.74) is 7.89. The second-order valence-corrected chi connectivity index (χ2v) is 2.68. The quantitative estimate of drug-likeness (QED) is 0.412. The van der Waals surface area contributed by atoms with Crippen molar-refractivity contribution in [2.75, 3.05) is 6.54 Å². The van der Waals surface area contributed by atoms with E-state index in [0.717, 1.165) is 0 Å². The molecule has 0 fully saturated rings. The summed E-state index contributed by atoms with van der Waals surface area (Å²) in [6, 6.07) is 0. The Kier molecular flexibility index (Phi) is 4.54. The van der Waals surface area contributed by atoms with E-state index in [0.29, 0.717) is 0 Å². The minimum Gasteiger partial charge on any atom is -0.366 e. The Morgan fingerprint density at radius 2 is 1.83 bits per heavy atom. The number of aliphatic hydroxyl groups is 2. The van der Waals surface area contributed by atoms with Crippen molar-refractivity contribution in [2.45, 2.75) is 31.1 Å². The predicted octanol–water partition coefficient (Wildman–Crippen LogP) is -1.00. The van der Waals surface area contributed by atoms with Crippen molar-refractivity contribution in [1.82, 2.24) is 0 Å². The van der Waals surface area contributed by atoms with Gasteiger partial charge in [-0.05, 0) is 19.4 Å². The third kappa shape index (κ3) is 2.63. The first kappa shape index (κ1) is 11.7. The molecule has 0 aromatic rings. The van der Waals surface area contributed by atoms with Crippen LogP contribution in [0, 0.1) is 0 Å². The van der Waals surface area contributed by atoms with Gasteiger partial charge in [0.2, 0.25) is 0 Å². The number of hydrogen-bond acceptors (Lipinski definition) is 4. The third-order valence-corrected chi connectivity index (χ3v) is 1.70. The lowest BCUT2D eigenvalue weighted by atomic mass is 9.94. The highest BCUT2D eigenvalue weighted by molar-refractivity contribution is 4.89. The van der Waals surface area contributed by atoms with Gasteiger partial charge in [-0.2, -0.15) is 0 Å². The number of hydrogen-bond donors (Lipinski definition) is 4. The molecule has 0 aliphatic heterocycles. The lowest BCUT2D eigenvalue weighted by Crippen LogP contribution is -2.56. The van der Waals surface area contributed by atoms with E-state index in [9.17, 15) is 8.78 Å². The van der Waals surface area contributed by atoms with E-state index in [2.05, 4.69) is 0 Å². The second kappa shape index (κ2) is 4.66. The average Bonchev–Trinajstić information content (AvgIpc) is 1.99. The van der Waals surface area contributed by atoms with Crippen LogP contribution in [0.2, 0.25) is 0 Å². The molecular formula is C6H14F2N2O2. The fourth-order valence-electron chi connectivity index (χ4n) is 0.759. The van der Waals surface area contributed by atoms with Gasteiger partial charge < -0.3 is 21.7 Å². The largest absolute Gasteiger partial charge is 0.366 e. The lowest BCUT2D eigenvalue weighted by molar-refractivity contribution is -0.144. The predicted molar refractivity (Wildman–Crippen MR) is 39.4 cm³/mol. The molecule has 4 nitrogen and oxygen atoms in total. The summed E-state index contributed by atoms with van der Waals surface area (Å²) >= 11 is 0. The topological polar surface area (TPSA) is 92.5 Å². The van der Waals surface area contributed by atoms with E-state index in [1.807, 2.05) is 0 Å². The fraction of sp³-hybridized carbons (Fsp3) is 1.00. The van der Waals surface area contributed by atoms with Gasteiger partial charge in [-0.25, -0.2) is 8.78 Å². The van der Waals surface area contributed by atoms with Crippen LogP contribution in [0.1, 0.15) is 12.8 Å². The molecule has 0 heterocycles. The van der Waals surface area contributed by atoms with Gasteiger partial charge in [-0.1, -0.05) is 0 Å². The summed E-state index contributed by atoms with van der Waals surface area (Å²) in [7, 11) is 0. The van der Waals surface area contributed by atoms with Gasteiger partial charge in [0, 0.05) is 0 Å². The molecule has 0 saturated carbocycles. The zero-order valence-electron chi connectivity index (χ0n) is 6.58. The summed E-state index contributed by atoms with van der Waals surface area (Å²) in [6.07, 6.45) is -5.16. The van der Waals surface area contributed by atoms with Crippen molar-refractivity contribution >= 4 is 0 Å². The molecule has 0 amide bonds. The molecular weight excluding hydrogens is 170 g/mol. The number of nitrogens with two attached hydrogens (primary N) is 2. The normalized spacial score (nSPS) is 17.0. The van der Waals surface area contributed by atoms with Gasteiger partial charge in [0.05, 0.1) is 0 Å². The molecule has 12 heavy (non-hydrogen) atoms. The number of rotatable bonds is 5. The number of alkyl halides is 2. The van der Waals surface area contributed by atoms with Crippen molar-refractivity contribution in [3.8, 4) is 0 Å². The molecule has 1 unspecified atom stereocenters. The molecule has 6 heteroatoms. The van der Waals surface area contributed by atoms with E-state index in [-0.39, 0.29) is 19.4 Å². The fourth-order valence-corrected chi connectivity index (χ4v) is 0.759. The van der Waals surface area contributed by atoms with E-state index < -0.39 is 18.3 Å². The van der Waals surface area contributed by atoms with E-state index in [1.165, 1.54) is 0 Å². The van der Waals surface area contributed by atoms with E-state index in [4.69, 9.17) is 21.7 Å². The standard InChI is InChI=1S/C6H14F2N2O2/c7-4(8)6(10,5(11)12)2-1-3-9/h4-5,11-12H,1-3,9-10H2. The van der Waals surface area contributed by atoms with Crippen molar-refractivity contribution in [3.63, 3.8) is 0 Å². The number of aliphatic hydroxyl groups excluding tert-OH is 1. The molecule has 0 saturated heterocycles. The molecule has 74 valence electrons. The summed E-state index contributed by atoms with van der Waals surface area (Å²) in [5.74, 6) is 0. The Bertz CT molecular complexity index is 125. The number of halogens is 2. The first-order chi connectivity index (χ1) is 5.45. The molecule has 6 N–H and O–H groups in total. The maximum absolute atomic E-state index is 12.2. The Morgan fingerprint density at radius 1 is 1.33 bits per heavy atom. The monoisotopic (exact) mass is 184 g/mol. The molecule has 0 bridgehead atoms. The van der Waals surface area contributed by atoms with Gasteiger partial charge in [-0.3, -0.25) is 0 Å². The Labute approximate surface area is 69.2 Å². The lowest BCUT2D eigenvalue weighted by Gasteiger charge is -2.29. The van der Waals surface area contributed by atoms with Crippen LogP contribution in [0.5, 0.6) is 0 Å². The molecule has 1 atom stereocenters. The SMILES string of the molecule is NCCCC(N)(C(O)O)C(F)F. The van der Waals surface area contributed by atoms with Crippen molar-refractivity contribution in [1.29, 1.82) is 0 Å². The van der Waals surface area contributed by atoms with Crippen LogP contribution in [0.25, 0.3) is 0 Å². The highest BCUT2D eigenvalue weighted by atomic mass is 19.3. The van der Waals surface area contributed by atoms with Crippen LogP contribution < -0.4 is 11.5 Å². The van der Waals surface area contributed by atoms with Crippen LogP contribution in [0.4, 0.5) is 8.78 Å². The smallest absolute Gasteiger partial charge is 0.261 e. The average molecular weight is 184 g/mol. The first-order valence-electron chi connectivity index (χ1n) is 3.58. The van der Waals surface area contributed by atoms with Crippen molar-refractivity contribution in [2.24, 2.45) is 11.5 Å². The van der Waals surface area contributed by atoms with Crippen LogP contribution >= 0.6 is 0 Å². The van der Waals surface area contributed by atoms with Crippen LogP contribution in [0.3, 0.4) is 0 Å². The molecule has 0 aromatic carbocycles. The highest BCUT2D eigenvalue weighted by Gasteiger charge is 2.41. The summed E-state index contributed by atoms with van der Waals surface area (Å²) in [5, 5.41) is 17.2. The maximum Gasteiger partial charge on any atom is 0.261 e. The summed E-state index contributed by atoms with van der Waals surface area (Å²) in [6.45, 7) is 0.193. The Hall–Kier alpha value is -0.300. The minimum atomic E-state index is -2.97. The van der Waals surface area contributed by atoms with Gasteiger partial charge in [0.15, 0.2) is 6.29 Å². The summed E-state index contributed by atoms with van der Waals surface area (Å²) < 4.78 is 24.3. The van der Waals surface area contributed by atoms with Crippen LogP contribution in [-0.4, -0.2) is 35.0 Å².